The summed E-state index contributed by atoms with van der Waals surface area (Å²) in [6, 6.07) is 7.22. The molecule has 0 saturated carbocycles. The summed E-state index contributed by atoms with van der Waals surface area (Å²) in [5.41, 5.74) is 0.406. The zero-order valence-electron chi connectivity index (χ0n) is 16.9. The molecule has 1 aliphatic heterocycles. The van der Waals surface area contributed by atoms with Crippen LogP contribution in [0.25, 0.3) is 11.4 Å². The van der Waals surface area contributed by atoms with Crippen LogP contribution in [0.5, 0.6) is 5.75 Å². The molecule has 0 unspecified atom stereocenters. The minimum Gasteiger partial charge on any atom is -0.493 e. The van der Waals surface area contributed by atoms with Crippen molar-refractivity contribution in [2.24, 2.45) is 5.92 Å². The van der Waals surface area contributed by atoms with Crippen LogP contribution in [0.3, 0.4) is 0 Å². The SMILES string of the molecule is CC(C)(C)NC(=O)O[C@H]1CCOC[C@@H]1COc1ccc(-c2ncc(F)cn2)cc1. The van der Waals surface area contributed by atoms with Crippen molar-refractivity contribution >= 4 is 6.09 Å². The first-order valence-electron chi connectivity index (χ1n) is 9.57. The molecule has 1 aromatic heterocycles. The number of hydrogen-bond donors (Lipinski definition) is 1. The van der Waals surface area contributed by atoms with E-state index in [1.165, 1.54) is 0 Å². The van der Waals surface area contributed by atoms with E-state index >= 15 is 0 Å². The highest BCUT2D eigenvalue weighted by atomic mass is 19.1. The van der Waals surface area contributed by atoms with Crippen molar-refractivity contribution in [3.63, 3.8) is 0 Å². The number of amides is 1. The van der Waals surface area contributed by atoms with Crippen LogP contribution in [0, 0.1) is 11.7 Å². The fourth-order valence-electron chi connectivity index (χ4n) is 2.93. The normalized spacial score (nSPS) is 19.4. The average molecular weight is 403 g/mol. The Morgan fingerprint density at radius 2 is 1.93 bits per heavy atom. The van der Waals surface area contributed by atoms with Crippen molar-refractivity contribution in [3.05, 3.63) is 42.5 Å². The second-order valence-corrected chi connectivity index (χ2v) is 8.00. The van der Waals surface area contributed by atoms with Gasteiger partial charge in [-0.25, -0.2) is 19.2 Å². The summed E-state index contributed by atoms with van der Waals surface area (Å²) in [5.74, 6) is 0.571. The third-order valence-electron chi connectivity index (χ3n) is 4.34. The summed E-state index contributed by atoms with van der Waals surface area (Å²) >= 11 is 0. The Hall–Kier alpha value is -2.74. The summed E-state index contributed by atoms with van der Waals surface area (Å²) in [6.45, 7) is 7.09. The number of aromatic nitrogens is 2. The van der Waals surface area contributed by atoms with Gasteiger partial charge in [-0.15, -0.1) is 0 Å². The van der Waals surface area contributed by atoms with E-state index in [-0.39, 0.29) is 17.6 Å². The van der Waals surface area contributed by atoms with Crippen LogP contribution in [0.4, 0.5) is 9.18 Å². The molecule has 0 aliphatic carbocycles. The van der Waals surface area contributed by atoms with E-state index in [4.69, 9.17) is 14.2 Å². The molecule has 0 bridgehead atoms. The second-order valence-electron chi connectivity index (χ2n) is 8.00. The van der Waals surface area contributed by atoms with Gasteiger partial charge in [0.15, 0.2) is 11.6 Å². The molecule has 0 spiro atoms. The Kier molecular flexibility index (Phi) is 6.64. The number of benzene rings is 1. The van der Waals surface area contributed by atoms with E-state index in [2.05, 4.69) is 15.3 Å². The molecule has 156 valence electrons. The maximum absolute atomic E-state index is 12.9. The first-order valence-corrected chi connectivity index (χ1v) is 9.57. The summed E-state index contributed by atoms with van der Waals surface area (Å²) in [7, 11) is 0. The first-order chi connectivity index (χ1) is 13.8. The molecule has 8 heteroatoms. The Balaban J connectivity index is 1.55. The van der Waals surface area contributed by atoms with Crippen molar-refractivity contribution in [2.45, 2.75) is 38.8 Å². The molecular formula is C21H26FN3O4. The highest BCUT2D eigenvalue weighted by molar-refractivity contribution is 5.68. The third kappa shape index (κ3) is 6.39. The van der Waals surface area contributed by atoms with Gasteiger partial charge in [0.25, 0.3) is 0 Å². The van der Waals surface area contributed by atoms with Gasteiger partial charge >= 0.3 is 6.09 Å². The smallest absolute Gasteiger partial charge is 0.407 e. The van der Waals surface area contributed by atoms with E-state index in [0.29, 0.717) is 37.8 Å². The molecule has 3 rings (SSSR count). The van der Waals surface area contributed by atoms with Gasteiger partial charge in [0.2, 0.25) is 0 Å². The fraction of sp³-hybridized carbons (Fsp3) is 0.476. The Bertz CT molecular complexity index is 806. The lowest BCUT2D eigenvalue weighted by molar-refractivity contribution is -0.0569. The number of nitrogens with one attached hydrogen (secondary N) is 1. The Morgan fingerprint density at radius 3 is 2.59 bits per heavy atom. The van der Waals surface area contributed by atoms with Gasteiger partial charge in [0.1, 0.15) is 11.9 Å². The molecule has 1 amide bonds. The van der Waals surface area contributed by atoms with Crippen LogP contribution in [-0.2, 0) is 9.47 Å². The first kappa shape index (κ1) is 21.0. The molecule has 2 heterocycles. The maximum Gasteiger partial charge on any atom is 0.407 e. The number of alkyl carbamates (subject to hydrolysis) is 1. The van der Waals surface area contributed by atoms with Crippen molar-refractivity contribution in [3.8, 4) is 17.1 Å². The van der Waals surface area contributed by atoms with E-state index in [9.17, 15) is 9.18 Å². The number of carbonyl (C=O) groups is 1. The van der Waals surface area contributed by atoms with Gasteiger partial charge in [0, 0.05) is 17.5 Å². The number of hydrogen-bond acceptors (Lipinski definition) is 6. The molecule has 0 radical (unpaired) electrons. The monoisotopic (exact) mass is 403 g/mol. The van der Waals surface area contributed by atoms with Crippen molar-refractivity contribution in [1.29, 1.82) is 0 Å². The van der Waals surface area contributed by atoms with Crippen LogP contribution in [0.2, 0.25) is 0 Å². The highest BCUT2D eigenvalue weighted by Crippen LogP contribution is 2.23. The Morgan fingerprint density at radius 1 is 1.24 bits per heavy atom. The average Bonchev–Trinajstić information content (AvgIpc) is 2.67. The second kappa shape index (κ2) is 9.17. The van der Waals surface area contributed by atoms with Crippen LogP contribution < -0.4 is 10.1 Å². The Labute approximate surface area is 169 Å². The predicted molar refractivity (Wildman–Crippen MR) is 105 cm³/mol. The lowest BCUT2D eigenvalue weighted by atomic mass is 9.99. The highest BCUT2D eigenvalue weighted by Gasteiger charge is 2.30. The van der Waals surface area contributed by atoms with Gasteiger partial charge in [-0.3, -0.25) is 0 Å². The van der Waals surface area contributed by atoms with E-state index in [0.717, 1.165) is 18.0 Å². The summed E-state index contributed by atoms with van der Waals surface area (Å²) in [5, 5.41) is 2.81. The fourth-order valence-corrected chi connectivity index (χ4v) is 2.93. The number of ether oxygens (including phenoxy) is 3. The molecule has 1 saturated heterocycles. The number of rotatable bonds is 5. The number of nitrogens with zero attached hydrogens (tertiary/aromatic N) is 2. The molecule has 1 N–H and O–H groups in total. The van der Waals surface area contributed by atoms with Crippen LogP contribution in [0.15, 0.2) is 36.7 Å². The van der Waals surface area contributed by atoms with Crippen LogP contribution in [-0.4, -0.2) is 47.5 Å². The quantitative estimate of drug-likeness (QED) is 0.822. The largest absolute Gasteiger partial charge is 0.493 e. The summed E-state index contributed by atoms with van der Waals surface area (Å²) < 4.78 is 29.9. The van der Waals surface area contributed by atoms with Crippen molar-refractivity contribution in [2.75, 3.05) is 19.8 Å². The lowest BCUT2D eigenvalue weighted by Gasteiger charge is -2.32. The van der Waals surface area contributed by atoms with Gasteiger partial charge in [0.05, 0.1) is 38.1 Å². The van der Waals surface area contributed by atoms with Crippen molar-refractivity contribution in [1.82, 2.24) is 15.3 Å². The number of halogens is 1. The van der Waals surface area contributed by atoms with Gasteiger partial charge in [-0.05, 0) is 45.0 Å². The van der Waals surface area contributed by atoms with E-state index in [1.807, 2.05) is 32.9 Å². The minimum atomic E-state index is -0.476. The van der Waals surface area contributed by atoms with Crippen molar-refractivity contribution < 1.29 is 23.4 Å². The van der Waals surface area contributed by atoms with Crippen LogP contribution in [0.1, 0.15) is 27.2 Å². The standard InChI is InChI=1S/C21H26FN3O4/c1-21(2,3)25-20(26)29-18-8-9-27-12-15(18)13-28-17-6-4-14(5-7-17)19-23-10-16(22)11-24-19/h4-7,10-11,15,18H,8-9,12-13H2,1-3H3,(H,25,26)/t15-,18+/m1/s1. The molecule has 7 nitrogen and oxygen atoms in total. The maximum atomic E-state index is 12.9. The molecule has 1 aliphatic rings. The van der Waals surface area contributed by atoms with Crippen LogP contribution >= 0.6 is 0 Å². The van der Waals surface area contributed by atoms with Gasteiger partial charge in [-0.1, -0.05) is 0 Å². The third-order valence-corrected chi connectivity index (χ3v) is 4.34. The molecule has 1 fully saturated rings. The molecule has 29 heavy (non-hydrogen) atoms. The van der Waals surface area contributed by atoms with Gasteiger partial charge < -0.3 is 19.5 Å². The zero-order valence-corrected chi connectivity index (χ0v) is 16.9. The topological polar surface area (TPSA) is 82.6 Å². The van der Waals surface area contributed by atoms with E-state index < -0.39 is 11.9 Å². The number of carbonyl (C=O) groups excluding carboxylic acids is 1. The summed E-state index contributed by atoms with van der Waals surface area (Å²) in [4.78, 5) is 20.0. The van der Waals surface area contributed by atoms with Gasteiger partial charge in [-0.2, -0.15) is 0 Å². The zero-order chi connectivity index (χ0) is 20.9. The van der Waals surface area contributed by atoms with E-state index in [1.54, 1.807) is 12.1 Å². The summed E-state index contributed by atoms with van der Waals surface area (Å²) in [6.07, 6.45) is 2.19. The molecule has 2 aromatic rings. The molecule has 2 atom stereocenters. The molecule has 1 aromatic carbocycles. The molecular weight excluding hydrogens is 377 g/mol. The predicted octanol–water partition coefficient (Wildman–Crippen LogP) is 3.59. The lowest BCUT2D eigenvalue weighted by Crippen LogP contribution is -2.46. The minimum absolute atomic E-state index is 0.0606.